The predicted molar refractivity (Wildman–Crippen MR) is 159 cm³/mol. The molecule has 1 aliphatic rings. The Morgan fingerprint density at radius 2 is 1.16 bits per heavy atom. The molecular formula is C31H63NO4P+. The maximum absolute atomic E-state index is 12.1. The van der Waals surface area contributed by atoms with Crippen LogP contribution in [0, 0.1) is 5.92 Å². The third-order valence-corrected chi connectivity index (χ3v) is 9.14. The van der Waals surface area contributed by atoms with Crippen molar-refractivity contribution in [2.75, 3.05) is 39.9 Å². The molecule has 0 bridgehead atoms. The van der Waals surface area contributed by atoms with Gasteiger partial charge in [0.05, 0.1) is 26.7 Å². The molecule has 0 aliphatic carbocycles. The van der Waals surface area contributed by atoms with Crippen LogP contribution in [-0.2, 0) is 13.6 Å². The van der Waals surface area contributed by atoms with Gasteiger partial charge < -0.3 is 9.38 Å². The average Bonchev–Trinajstić information content (AvgIpc) is 2.87. The molecule has 1 atom stereocenters. The topological polar surface area (TPSA) is 55.8 Å². The minimum absolute atomic E-state index is 0.286. The van der Waals surface area contributed by atoms with Gasteiger partial charge in [0.15, 0.2) is 0 Å². The number of hydrogen-bond acceptors (Lipinski definition) is 3. The van der Waals surface area contributed by atoms with E-state index in [1.54, 1.807) is 0 Å². The zero-order chi connectivity index (χ0) is 27.1. The first-order valence-corrected chi connectivity index (χ1v) is 17.5. The van der Waals surface area contributed by atoms with Crippen LogP contribution in [0.3, 0.4) is 0 Å². The first kappa shape index (κ1) is 34.8. The van der Waals surface area contributed by atoms with Crippen molar-refractivity contribution in [2.24, 2.45) is 5.92 Å². The highest BCUT2D eigenvalue weighted by Crippen LogP contribution is 2.43. The van der Waals surface area contributed by atoms with E-state index in [0.29, 0.717) is 6.61 Å². The summed E-state index contributed by atoms with van der Waals surface area (Å²) >= 11 is 0. The Bertz CT molecular complexity index is 590. The monoisotopic (exact) mass is 544 g/mol. The molecule has 0 spiro atoms. The van der Waals surface area contributed by atoms with Crippen LogP contribution in [0.5, 0.6) is 0 Å². The summed E-state index contributed by atoms with van der Waals surface area (Å²) in [5.41, 5.74) is 0. The van der Waals surface area contributed by atoms with Gasteiger partial charge in [0.2, 0.25) is 0 Å². The zero-order valence-corrected chi connectivity index (χ0v) is 25.9. The van der Waals surface area contributed by atoms with Crippen molar-refractivity contribution in [1.29, 1.82) is 0 Å². The van der Waals surface area contributed by atoms with Crippen molar-refractivity contribution in [3.05, 3.63) is 12.2 Å². The minimum Gasteiger partial charge on any atom is -0.324 e. The minimum atomic E-state index is -3.91. The van der Waals surface area contributed by atoms with Crippen LogP contribution < -0.4 is 0 Å². The lowest BCUT2D eigenvalue weighted by atomic mass is 9.97. The summed E-state index contributed by atoms with van der Waals surface area (Å²) in [6.45, 7) is 8.19. The van der Waals surface area contributed by atoms with Crippen LogP contribution >= 0.6 is 7.82 Å². The number of likely N-dealkylation sites (N-methyl/N-ethyl adjacent to an activating group) is 1. The van der Waals surface area contributed by atoms with Gasteiger partial charge in [-0.3, -0.25) is 9.05 Å². The molecule has 0 aromatic heterocycles. The van der Waals surface area contributed by atoms with Crippen LogP contribution in [0.4, 0.5) is 0 Å². The molecule has 220 valence electrons. The summed E-state index contributed by atoms with van der Waals surface area (Å²) in [5.74, 6) is 0.793. The molecule has 1 aliphatic heterocycles. The van der Waals surface area contributed by atoms with E-state index in [1.165, 1.54) is 116 Å². The summed E-state index contributed by atoms with van der Waals surface area (Å²) in [6.07, 6.45) is 30.5. The summed E-state index contributed by atoms with van der Waals surface area (Å²) in [4.78, 5) is 9.93. The molecule has 1 N–H and O–H groups in total. The molecule has 0 amide bonds. The number of quaternary nitrogens is 1. The third-order valence-electron chi connectivity index (χ3n) is 8.12. The molecule has 1 saturated heterocycles. The second kappa shape index (κ2) is 22.6. The molecule has 6 heteroatoms. The molecule has 37 heavy (non-hydrogen) atoms. The van der Waals surface area contributed by atoms with Gasteiger partial charge in [-0.2, -0.15) is 0 Å². The highest BCUT2D eigenvalue weighted by molar-refractivity contribution is 7.47. The van der Waals surface area contributed by atoms with E-state index in [2.05, 4.69) is 33.0 Å². The first-order chi connectivity index (χ1) is 17.9. The van der Waals surface area contributed by atoms with Gasteiger partial charge in [-0.05, 0) is 50.9 Å². The number of hydrogen-bond donors (Lipinski definition) is 1. The largest absolute Gasteiger partial charge is 0.472 e. The van der Waals surface area contributed by atoms with Gasteiger partial charge in [0.1, 0.15) is 13.2 Å². The normalized spacial score (nSPS) is 22.0. The van der Waals surface area contributed by atoms with Crippen molar-refractivity contribution in [2.45, 2.75) is 142 Å². The molecule has 1 fully saturated rings. The van der Waals surface area contributed by atoms with E-state index in [0.717, 1.165) is 42.9 Å². The maximum atomic E-state index is 12.1. The fraction of sp³-hybridized carbons (Fsp3) is 0.935. The quantitative estimate of drug-likeness (QED) is 0.0538. The van der Waals surface area contributed by atoms with Crippen LogP contribution in [0.2, 0.25) is 0 Å². The van der Waals surface area contributed by atoms with Crippen molar-refractivity contribution >= 4 is 7.82 Å². The Morgan fingerprint density at radius 3 is 1.68 bits per heavy atom. The number of phosphoric acid groups is 1. The fourth-order valence-corrected chi connectivity index (χ4v) is 5.94. The van der Waals surface area contributed by atoms with E-state index in [-0.39, 0.29) is 6.61 Å². The Balaban J connectivity index is 1.82. The summed E-state index contributed by atoms with van der Waals surface area (Å²) in [7, 11) is -1.69. The van der Waals surface area contributed by atoms with Gasteiger partial charge in [0, 0.05) is 0 Å². The number of likely N-dealkylation sites (tertiary alicyclic amines) is 1. The molecule has 1 heterocycles. The lowest BCUT2D eigenvalue weighted by Crippen LogP contribution is -2.51. The van der Waals surface area contributed by atoms with Crippen molar-refractivity contribution < 1.29 is 23.0 Å². The molecule has 0 saturated carbocycles. The lowest BCUT2D eigenvalue weighted by Gasteiger charge is -2.39. The van der Waals surface area contributed by atoms with Gasteiger partial charge >= 0.3 is 7.82 Å². The van der Waals surface area contributed by atoms with Crippen LogP contribution in [0.25, 0.3) is 0 Å². The second-order valence-corrected chi connectivity index (χ2v) is 13.4. The Hall–Kier alpha value is -0.190. The number of rotatable bonds is 25. The predicted octanol–water partition coefficient (Wildman–Crippen LogP) is 9.59. The van der Waals surface area contributed by atoms with E-state index in [1.807, 2.05) is 0 Å². The summed E-state index contributed by atoms with van der Waals surface area (Å²) < 4.78 is 23.5. The molecule has 5 nitrogen and oxygen atoms in total. The zero-order valence-electron chi connectivity index (χ0n) is 25.0. The Labute approximate surface area is 231 Å². The number of unbranched alkanes of at least 4 members (excludes halogenated alkanes) is 16. The standard InChI is InChI=1S/C31H62NO4P/c1-4-5-6-7-8-9-10-11-12-13-14-15-16-17-18-19-20-21-22-23-29-35-37(33,34)36-30-28-32(3)26-24-31(2)25-27-32/h11-12,31H,4-10,13-30H2,1-3H3/p+1/b12-11-. The van der Waals surface area contributed by atoms with Gasteiger partial charge in [0.25, 0.3) is 0 Å². The van der Waals surface area contributed by atoms with Crippen LogP contribution in [0.1, 0.15) is 142 Å². The number of phosphoric ester groups is 1. The second-order valence-electron chi connectivity index (χ2n) is 12.0. The fourth-order valence-electron chi connectivity index (χ4n) is 5.19. The molecule has 0 radical (unpaired) electrons. The lowest BCUT2D eigenvalue weighted by molar-refractivity contribution is -0.915. The van der Waals surface area contributed by atoms with E-state index in [4.69, 9.17) is 9.05 Å². The summed E-state index contributed by atoms with van der Waals surface area (Å²) in [5, 5.41) is 0. The van der Waals surface area contributed by atoms with E-state index in [9.17, 15) is 9.46 Å². The summed E-state index contributed by atoms with van der Waals surface area (Å²) in [6, 6.07) is 0. The van der Waals surface area contributed by atoms with Crippen LogP contribution in [0.15, 0.2) is 12.2 Å². The molecule has 0 aromatic rings. The number of allylic oxidation sites excluding steroid dienone is 2. The van der Waals surface area contributed by atoms with E-state index >= 15 is 0 Å². The van der Waals surface area contributed by atoms with Crippen molar-refractivity contribution in [3.63, 3.8) is 0 Å². The first-order valence-electron chi connectivity index (χ1n) is 16.0. The molecular weight excluding hydrogens is 481 g/mol. The highest BCUT2D eigenvalue weighted by Gasteiger charge is 2.29. The smallest absolute Gasteiger partial charge is 0.324 e. The van der Waals surface area contributed by atoms with Crippen molar-refractivity contribution in [1.82, 2.24) is 0 Å². The molecule has 1 rings (SSSR count). The molecule has 0 aromatic carbocycles. The number of nitrogens with zero attached hydrogens (tertiary/aromatic N) is 1. The van der Waals surface area contributed by atoms with Crippen LogP contribution in [-0.4, -0.2) is 49.3 Å². The highest BCUT2D eigenvalue weighted by atomic mass is 31.2. The average molecular weight is 545 g/mol. The SMILES string of the molecule is CCCCCCCC/C=C\CCCCCCCCCCCCOP(=O)(O)OCC[N+]1(C)CCC(C)CC1. The third kappa shape index (κ3) is 21.3. The van der Waals surface area contributed by atoms with Crippen molar-refractivity contribution in [3.8, 4) is 0 Å². The Kier molecular flexibility index (Phi) is 21.3. The van der Waals surface area contributed by atoms with E-state index < -0.39 is 7.82 Å². The van der Waals surface area contributed by atoms with Gasteiger partial charge in [-0.15, -0.1) is 0 Å². The number of piperidine rings is 1. The van der Waals surface area contributed by atoms with Gasteiger partial charge in [-0.1, -0.05) is 109 Å². The van der Waals surface area contributed by atoms with Gasteiger partial charge in [-0.25, -0.2) is 4.57 Å². The Morgan fingerprint density at radius 1 is 0.730 bits per heavy atom. The maximum Gasteiger partial charge on any atom is 0.472 e. The molecule has 1 unspecified atom stereocenters.